The molecule has 2 aromatic carbocycles. The van der Waals surface area contributed by atoms with Crippen LogP contribution in [0.1, 0.15) is 143 Å². The number of carboxylic acids is 2. The van der Waals surface area contributed by atoms with Crippen molar-refractivity contribution >= 4 is 35.4 Å². The number of amides is 2. The molecule has 59 heavy (non-hydrogen) atoms. The molecule has 0 aliphatic carbocycles. The number of tetrazole rings is 2. The quantitative estimate of drug-likeness (QED) is 0.0554. The number of benzene rings is 2. The van der Waals surface area contributed by atoms with Gasteiger partial charge in [0.05, 0.1) is 47.0 Å². The van der Waals surface area contributed by atoms with Gasteiger partial charge in [-0.05, 0) is 37.1 Å². The summed E-state index contributed by atoms with van der Waals surface area (Å²) in [5, 5.41) is 52.4. The summed E-state index contributed by atoms with van der Waals surface area (Å²) in [4.78, 5) is 56.2. The van der Waals surface area contributed by atoms with Gasteiger partial charge in [-0.3, -0.25) is 9.59 Å². The van der Waals surface area contributed by atoms with Crippen LogP contribution < -0.4 is 10.6 Å². The number of H-pyrrole nitrogens is 2. The van der Waals surface area contributed by atoms with Crippen molar-refractivity contribution < 1.29 is 34.9 Å². The summed E-state index contributed by atoms with van der Waals surface area (Å²) >= 11 is 0. The van der Waals surface area contributed by atoms with E-state index in [-0.39, 0.29) is 39.8 Å². The normalized spacial score (nSPS) is 11.7. The number of hydrogen-bond acceptors (Lipinski definition) is 12. The molecule has 21 heteroatoms. The van der Waals surface area contributed by atoms with Gasteiger partial charge in [-0.1, -0.05) is 99.9 Å². The van der Waals surface area contributed by atoms with Crippen LogP contribution in [0.5, 0.6) is 0 Å². The monoisotopic (exact) mass is 812 g/mol. The van der Waals surface area contributed by atoms with E-state index in [1.165, 1.54) is 24.3 Å². The number of anilines is 2. The van der Waals surface area contributed by atoms with Crippen molar-refractivity contribution in [3.8, 4) is 0 Å². The first-order valence-electron chi connectivity index (χ1n) is 19.0. The number of unbranched alkanes of at least 4 members (excludes halogenated alkanes) is 6. The highest BCUT2D eigenvalue weighted by molar-refractivity contribution is 6.11. The molecule has 6 rings (SSSR count). The standard InChI is InChI=1S/2C19H23N7O3.H2O/c2*1-2-3-4-5-10-15(17-22-24-25-23-17)26-11-16(20-12-26)21-18(27)13-8-6-7-9-14(13)19(28)29;/h2*6-9,11-12,15H,2-5,10H2,1H3,(H,21,27)(H,28,29)(H,22,23,24,25);1H2. The zero-order valence-corrected chi connectivity index (χ0v) is 32.7. The second-order valence-electron chi connectivity index (χ2n) is 13.3. The molecule has 6 aromatic rings. The van der Waals surface area contributed by atoms with Gasteiger partial charge >= 0.3 is 11.9 Å². The Morgan fingerprint density at radius 3 is 1.34 bits per heavy atom. The van der Waals surface area contributed by atoms with E-state index in [1.807, 2.05) is 9.13 Å². The summed E-state index contributed by atoms with van der Waals surface area (Å²) in [7, 11) is 0. The van der Waals surface area contributed by atoms with Crippen molar-refractivity contribution in [1.29, 1.82) is 0 Å². The molecule has 0 saturated heterocycles. The number of nitrogens with zero attached hydrogens (tertiary/aromatic N) is 10. The number of hydrogen-bond donors (Lipinski definition) is 6. The number of carboxylic acid groups (broad SMARTS) is 2. The lowest BCUT2D eigenvalue weighted by atomic mass is 10.1. The minimum Gasteiger partial charge on any atom is -0.478 e. The molecule has 0 saturated carbocycles. The maximum atomic E-state index is 12.5. The Labute approximate surface area is 338 Å². The number of carbonyl (C=O) groups is 4. The summed E-state index contributed by atoms with van der Waals surface area (Å²) in [6, 6.07) is 11.8. The van der Waals surface area contributed by atoms with Gasteiger partial charge in [-0.2, -0.15) is 10.4 Å². The first-order chi connectivity index (χ1) is 28.2. The first-order valence-corrected chi connectivity index (χ1v) is 19.0. The van der Waals surface area contributed by atoms with Crippen LogP contribution in [-0.2, 0) is 0 Å². The highest BCUT2D eigenvalue weighted by Crippen LogP contribution is 2.25. The van der Waals surface area contributed by atoms with Crippen molar-refractivity contribution in [3.63, 3.8) is 0 Å². The fourth-order valence-electron chi connectivity index (χ4n) is 6.22. The van der Waals surface area contributed by atoms with Gasteiger partial charge in [0.1, 0.15) is 0 Å². The second-order valence-corrected chi connectivity index (χ2v) is 13.3. The van der Waals surface area contributed by atoms with Crippen LogP contribution in [0, 0.1) is 0 Å². The van der Waals surface area contributed by atoms with Gasteiger partial charge in [0.15, 0.2) is 23.3 Å². The van der Waals surface area contributed by atoms with Crippen LogP contribution in [0.15, 0.2) is 73.6 Å². The average Bonchev–Trinajstić information content (AvgIpc) is 4.08. The molecule has 4 aromatic heterocycles. The Balaban J connectivity index is 0.000000256. The number of aromatic nitrogens is 12. The maximum Gasteiger partial charge on any atom is 0.336 e. The number of nitrogens with one attached hydrogen (secondary N) is 4. The minimum absolute atomic E-state index is 0. The third kappa shape index (κ3) is 12.4. The second kappa shape index (κ2) is 22.5. The number of aromatic amines is 2. The van der Waals surface area contributed by atoms with E-state index in [4.69, 9.17) is 0 Å². The van der Waals surface area contributed by atoms with Crippen LogP contribution in [0.4, 0.5) is 11.6 Å². The highest BCUT2D eigenvalue weighted by Gasteiger charge is 2.22. The lowest BCUT2D eigenvalue weighted by molar-refractivity contribution is 0.0683. The molecule has 312 valence electrons. The molecule has 2 amide bonds. The van der Waals surface area contributed by atoms with Crippen LogP contribution in [0.2, 0.25) is 0 Å². The van der Waals surface area contributed by atoms with E-state index in [0.29, 0.717) is 23.3 Å². The van der Waals surface area contributed by atoms with Gasteiger partial charge < -0.3 is 35.5 Å². The van der Waals surface area contributed by atoms with Gasteiger partial charge in [-0.25, -0.2) is 19.6 Å². The number of carbonyl (C=O) groups excluding carboxylic acids is 2. The van der Waals surface area contributed by atoms with E-state index in [2.05, 4.69) is 75.7 Å². The molecular weight excluding hydrogens is 765 g/mol. The third-order valence-corrected chi connectivity index (χ3v) is 9.19. The van der Waals surface area contributed by atoms with Crippen LogP contribution in [0.25, 0.3) is 0 Å². The number of imidazole rings is 2. The Morgan fingerprint density at radius 2 is 1.00 bits per heavy atom. The van der Waals surface area contributed by atoms with Crippen molar-refractivity contribution in [2.24, 2.45) is 0 Å². The molecule has 0 radical (unpaired) electrons. The number of rotatable bonds is 20. The van der Waals surface area contributed by atoms with E-state index in [9.17, 15) is 29.4 Å². The average molecular weight is 813 g/mol. The minimum atomic E-state index is -1.16. The highest BCUT2D eigenvalue weighted by atomic mass is 16.4. The molecule has 21 nitrogen and oxygen atoms in total. The van der Waals surface area contributed by atoms with Gasteiger partial charge in [-0.15, -0.1) is 20.4 Å². The number of aromatic carboxylic acids is 2. The first kappa shape index (κ1) is 44.6. The predicted molar refractivity (Wildman–Crippen MR) is 213 cm³/mol. The lowest BCUT2D eigenvalue weighted by Gasteiger charge is -2.14. The van der Waals surface area contributed by atoms with Crippen LogP contribution in [-0.4, -0.2) is 99.8 Å². The largest absolute Gasteiger partial charge is 0.478 e. The zero-order chi connectivity index (χ0) is 41.3. The topological polar surface area (TPSA) is 309 Å². The van der Waals surface area contributed by atoms with Crippen molar-refractivity contribution in [2.45, 2.75) is 90.1 Å². The van der Waals surface area contributed by atoms with Gasteiger partial charge in [0.25, 0.3) is 11.8 Å². The summed E-state index contributed by atoms with van der Waals surface area (Å²) in [6.07, 6.45) is 17.0. The molecule has 0 bridgehead atoms. The molecule has 2 unspecified atom stereocenters. The summed E-state index contributed by atoms with van der Waals surface area (Å²) in [5.41, 5.74) is 0.0164. The molecular formula is C38H48N14O7. The van der Waals surface area contributed by atoms with E-state index >= 15 is 0 Å². The van der Waals surface area contributed by atoms with E-state index in [0.717, 1.165) is 64.2 Å². The van der Waals surface area contributed by atoms with Crippen molar-refractivity contribution in [3.05, 3.63) is 107 Å². The summed E-state index contributed by atoms with van der Waals surface area (Å²) < 4.78 is 3.66. The van der Waals surface area contributed by atoms with Crippen molar-refractivity contribution in [2.75, 3.05) is 10.6 Å². The Kier molecular flexibility index (Phi) is 17.0. The van der Waals surface area contributed by atoms with Crippen molar-refractivity contribution in [1.82, 2.24) is 60.4 Å². The molecule has 0 spiro atoms. The molecule has 0 aliphatic rings. The predicted octanol–water partition coefficient (Wildman–Crippen LogP) is 4.99. The molecule has 0 aliphatic heterocycles. The molecule has 0 fully saturated rings. The molecule has 8 N–H and O–H groups in total. The molecule has 4 heterocycles. The van der Waals surface area contributed by atoms with Crippen LogP contribution in [0.3, 0.4) is 0 Å². The Morgan fingerprint density at radius 1 is 0.610 bits per heavy atom. The maximum absolute atomic E-state index is 12.5. The third-order valence-electron chi connectivity index (χ3n) is 9.19. The summed E-state index contributed by atoms with van der Waals surface area (Å²) in [6.45, 7) is 4.31. The van der Waals surface area contributed by atoms with E-state index in [1.54, 1.807) is 49.3 Å². The van der Waals surface area contributed by atoms with Crippen LogP contribution >= 0.6 is 0 Å². The fraction of sp³-hybridized carbons (Fsp3) is 0.368. The zero-order valence-electron chi connectivity index (χ0n) is 32.7. The lowest BCUT2D eigenvalue weighted by Crippen LogP contribution is -2.16. The van der Waals surface area contributed by atoms with E-state index < -0.39 is 23.8 Å². The fourth-order valence-corrected chi connectivity index (χ4v) is 6.22. The van der Waals surface area contributed by atoms with Gasteiger partial charge in [0.2, 0.25) is 0 Å². The Bertz CT molecular complexity index is 2060. The SMILES string of the molecule is CCCCCCC(c1nn[nH]n1)n1cnc(NC(=O)c2ccccc2C(=O)O)c1.CCCCCCC(c1nn[nH]n1)n1cnc(NC(=O)c2ccccc2C(=O)O)c1.O. The summed E-state index contributed by atoms with van der Waals surface area (Å²) in [5.74, 6) is -1.66. The molecule has 2 atom stereocenters. The van der Waals surface area contributed by atoms with Gasteiger partial charge in [0, 0.05) is 12.4 Å². The smallest absolute Gasteiger partial charge is 0.336 e. The Hall–Kier alpha value is -7.16.